The number of rotatable bonds is 14. The van der Waals surface area contributed by atoms with E-state index in [4.69, 9.17) is 4.74 Å². The van der Waals surface area contributed by atoms with Crippen molar-refractivity contribution >= 4 is 6.47 Å². The molecule has 0 amide bonds. The molecule has 5 saturated carbocycles. The molecule has 2 heteroatoms. The summed E-state index contributed by atoms with van der Waals surface area (Å²) in [5.74, 6) is 4.86. The predicted octanol–water partition coefficient (Wildman–Crippen LogP) is 12.8. The highest BCUT2D eigenvalue weighted by Gasteiger charge is 2.54. The van der Waals surface area contributed by atoms with Crippen molar-refractivity contribution in [2.75, 3.05) is 0 Å². The fraction of sp³-hybridized carbons (Fsp3) is 0.976. The van der Waals surface area contributed by atoms with Crippen LogP contribution in [0.1, 0.15) is 206 Å². The average Bonchev–Trinajstić information content (AvgIpc) is 3.07. The number of ether oxygens (including phenoxy) is 1. The standard InChI is InChI=1S/C41H72O2/c1-3-5-16-34-19-21-37(22-20-34)41(28-14-9-15-29-41)38(35-17-10-7-11-18-35)32-39(25-12-8-13-26-39)36-23-30-40(31-24-36,43-33-42)27-6-4-2/h33-38H,3-32H2,1-2H3. The second-order valence-corrected chi connectivity index (χ2v) is 17.1. The largest absolute Gasteiger partial charge is 0.461 e. The molecule has 0 heterocycles. The summed E-state index contributed by atoms with van der Waals surface area (Å²) in [6.45, 7) is 5.45. The number of carbonyl (C=O) groups is 1. The van der Waals surface area contributed by atoms with Crippen LogP contribution in [0.25, 0.3) is 0 Å². The predicted molar refractivity (Wildman–Crippen MR) is 182 cm³/mol. The van der Waals surface area contributed by atoms with Gasteiger partial charge in [-0.2, -0.15) is 0 Å². The van der Waals surface area contributed by atoms with Crippen molar-refractivity contribution in [3.8, 4) is 0 Å². The molecule has 0 radical (unpaired) electrons. The first kappa shape index (κ1) is 33.8. The topological polar surface area (TPSA) is 26.3 Å². The Bertz CT molecular complexity index is 783. The number of hydrogen-bond donors (Lipinski definition) is 0. The van der Waals surface area contributed by atoms with E-state index in [1.165, 1.54) is 141 Å². The second kappa shape index (κ2) is 16.3. The Labute approximate surface area is 268 Å². The molecular weight excluding hydrogens is 524 g/mol. The van der Waals surface area contributed by atoms with Crippen molar-refractivity contribution in [1.29, 1.82) is 0 Å². The fourth-order valence-electron chi connectivity index (χ4n) is 12.4. The van der Waals surface area contributed by atoms with Crippen molar-refractivity contribution in [2.45, 2.75) is 212 Å². The zero-order chi connectivity index (χ0) is 30.0. The first-order valence-corrected chi connectivity index (χ1v) is 20.2. The third kappa shape index (κ3) is 8.07. The Balaban J connectivity index is 1.40. The Morgan fingerprint density at radius 1 is 0.651 bits per heavy atom. The van der Waals surface area contributed by atoms with Gasteiger partial charge in [0.25, 0.3) is 6.47 Å². The summed E-state index contributed by atoms with van der Waals surface area (Å²) in [5, 5.41) is 0. The zero-order valence-corrected chi connectivity index (χ0v) is 29.0. The van der Waals surface area contributed by atoms with Crippen LogP contribution in [0.4, 0.5) is 0 Å². The van der Waals surface area contributed by atoms with E-state index >= 15 is 0 Å². The van der Waals surface area contributed by atoms with Crippen LogP contribution in [-0.2, 0) is 9.53 Å². The van der Waals surface area contributed by atoms with Gasteiger partial charge in [-0.3, -0.25) is 4.79 Å². The molecule has 0 aromatic rings. The van der Waals surface area contributed by atoms with Gasteiger partial charge in [-0.25, -0.2) is 0 Å². The third-order valence-corrected chi connectivity index (χ3v) is 14.9. The van der Waals surface area contributed by atoms with Crippen LogP contribution in [0.3, 0.4) is 0 Å². The maximum atomic E-state index is 11.6. The molecule has 1 atom stereocenters. The van der Waals surface area contributed by atoms with E-state index in [0.717, 1.165) is 55.3 Å². The van der Waals surface area contributed by atoms with E-state index < -0.39 is 0 Å². The number of unbranched alkanes of at least 4 members (excludes halogenated alkanes) is 2. The molecule has 0 aromatic heterocycles. The van der Waals surface area contributed by atoms with Gasteiger partial charge in [-0.1, -0.05) is 123 Å². The van der Waals surface area contributed by atoms with Crippen molar-refractivity contribution in [3.63, 3.8) is 0 Å². The summed E-state index contributed by atoms with van der Waals surface area (Å²) in [6, 6.07) is 0. The highest BCUT2D eigenvalue weighted by molar-refractivity contribution is 5.38. The van der Waals surface area contributed by atoms with E-state index in [1.807, 2.05) is 0 Å². The van der Waals surface area contributed by atoms with Gasteiger partial charge < -0.3 is 4.74 Å². The van der Waals surface area contributed by atoms with Gasteiger partial charge in [0.2, 0.25) is 0 Å². The molecule has 2 nitrogen and oxygen atoms in total. The normalized spacial score (nSPS) is 34.3. The Morgan fingerprint density at radius 2 is 1.26 bits per heavy atom. The molecule has 0 saturated heterocycles. The van der Waals surface area contributed by atoms with Crippen LogP contribution < -0.4 is 0 Å². The molecule has 0 N–H and O–H groups in total. The SMILES string of the molecule is CCCCC1CCC(C2(C(CC3(C4CCC(CCCC)(OC=O)CC4)CCCCC3)C3CCCCC3)CCCCC2)CC1. The summed E-state index contributed by atoms with van der Waals surface area (Å²) >= 11 is 0. The molecule has 0 bridgehead atoms. The lowest BCUT2D eigenvalue weighted by atomic mass is 9.47. The lowest BCUT2D eigenvalue weighted by molar-refractivity contribution is -0.152. The molecule has 0 aromatic carbocycles. The lowest BCUT2D eigenvalue weighted by Crippen LogP contribution is -2.49. The Hall–Kier alpha value is -0.530. The molecule has 43 heavy (non-hydrogen) atoms. The molecule has 0 spiro atoms. The van der Waals surface area contributed by atoms with Gasteiger partial charge in [0.05, 0.1) is 0 Å². The van der Waals surface area contributed by atoms with E-state index in [-0.39, 0.29) is 5.60 Å². The van der Waals surface area contributed by atoms with Gasteiger partial charge in [-0.05, 0) is 124 Å². The lowest BCUT2D eigenvalue weighted by Gasteiger charge is -2.58. The molecule has 5 fully saturated rings. The van der Waals surface area contributed by atoms with Crippen molar-refractivity contribution in [1.82, 2.24) is 0 Å². The monoisotopic (exact) mass is 597 g/mol. The maximum Gasteiger partial charge on any atom is 0.293 e. The van der Waals surface area contributed by atoms with E-state index in [9.17, 15) is 4.79 Å². The maximum absolute atomic E-state index is 11.6. The fourth-order valence-corrected chi connectivity index (χ4v) is 12.4. The minimum atomic E-state index is -0.159. The van der Waals surface area contributed by atoms with Crippen molar-refractivity contribution < 1.29 is 9.53 Å². The summed E-state index contributed by atoms with van der Waals surface area (Å²) in [5.41, 5.74) is 1.04. The number of carbonyl (C=O) groups excluding carboxylic acids is 1. The summed E-state index contributed by atoms with van der Waals surface area (Å²) < 4.78 is 5.96. The van der Waals surface area contributed by atoms with Gasteiger partial charge >= 0.3 is 0 Å². The highest BCUT2D eigenvalue weighted by Crippen LogP contribution is 2.63. The zero-order valence-electron chi connectivity index (χ0n) is 29.0. The molecule has 0 aliphatic heterocycles. The molecular formula is C41H72O2. The van der Waals surface area contributed by atoms with Crippen molar-refractivity contribution in [3.05, 3.63) is 0 Å². The van der Waals surface area contributed by atoms with Gasteiger partial charge in [0.1, 0.15) is 5.60 Å². The molecule has 5 aliphatic rings. The van der Waals surface area contributed by atoms with Crippen LogP contribution in [-0.4, -0.2) is 12.1 Å². The van der Waals surface area contributed by atoms with E-state index in [0.29, 0.717) is 10.8 Å². The Kier molecular flexibility index (Phi) is 12.9. The van der Waals surface area contributed by atoms with Gasteiger partial charge in [-0.15, -0.1) is 0 Å². The minimum Gasteiger partial charge on any atom is -0.461 e. The van der Waals surface area contributed by atoms with E-state index in [1.54, 1.807) is 32.1 Å². The van der Waals surface area contributed by atoms with Crippen LogP contribution in [0.5, 0.6) is 0 Å². The van der Waals surface area contributed by atoms with Crippen molar-refractivity contribution in [2.24, 2.45) is 40.4 Å². The van der Waals surface area contributed by atoms with Crippen LogP contribution >= 0.6 is 0 Å². The Morgan fingerprint density at radius 3 is 1.86 bits per heavy atom. The minimum absolute atomic E-state index is 0.159. The van der Waals surface area contributed by atoms with Crippen LogP contribution in [0, 0.1) is 40.4 Å². The molecule has 5 aliphatic carbocycles. The molecule has 1 unspecified atom stereocenters. The summed E-state index contributed by atoms with van der Waals surface area (Å²) in [7, 11) is 0. The first-order chi connectivity index (χ1) is 21.1. The summed E-state index contributed by atoms with van der Waals surface area (Å²) in [6.07, 6.45) is 43.0. The van der Waals surface area contributed by atoms with Gasteiger partial charge in [0, 0.05) is 0 Å². The third-order valence-electron chi connectivity index (χ3n) is 14.9. The molecule has 248 valence electrons. The average molecular weight is 597 g/mol. The quantitative estimate of drug-likeness (QED) is 0.186. The van der Waals surface area contributed by atoms with Crippen LogP contribution in [0.2, 0.25) is 0 Å². The smallest absolute Gasteiger partial charge is 0.293 e. The van der Waals surface area contributed by atoms with Gasteiger partial charge in [0.15, 0.2) is 0 Å². The number of hydrogen-bond acceptors (Lipinski definition) is 2. The van der Waals surface area contributed by atoms with E-state index in [2.05, 4.69) is 13.8 Å². The first-order valence-electron chi connectivity index (χ1n) is 20.2. The second-order valence-electron chi connectivity index (χ2n) is 17.1. The molecule has 5 rings (SSSR count). The highest BCUT2D eigenvalue weighted by atomic mass is 16.5. The van der Waals surface area contributed by atoms with Crippen LogP contribution in [0.15, 0.2) is 0 Å². The summed E-state index contributed by atoms with van der Waals surface area (Å²) in [4.78, 5) is 11.6.